The molecular weight excluding hydrogens is 504 g/mol. The van der Waals surface area contributed by atoms with Crippen molar-refractivity contribution in [3.05, 3.63) is 87.4 Å². The molecule has 2 N–H and O–H groups in total. The molecule has 4 rings (SSSR count). The van der Waals surface area contributed by atoms with Gasteiger partial charge in [-0.15, -0.1) is 0 Å². The Morgan fingerprint density at radius 1 is 1.11 bits per heavy atom. The largest absolute Gasteiger partial charge is 1.00 e. The van der Waals surface area contributed by atoms with Crippen LogP contribution >= 0.6 is 23.2 Å². The fraction of sp³-hybridized carbons (Fsp3) is 0.200. The van der Waals surface area contributed by atoms with Crippen LogP contribution in [0.25, 0.3) is 0 Å². The van der Waals surface area contributed by atoms with Crippen LogP contribution in [0.5, 0.6) is 17.2 Å². The van der Waals surface area contributed by atoms with E-state index in [-0.39, 0.29) is 53.6 Å². The molecule has 3 aromatic rings. The third-order valence-electron chi connectivity index (χ3n) is 5.45. The van der Waals surface area contributed by atoms with Crippen LogP contribution in [0.1, 0.15) is 39.9 Å². The Balaban J connectivity index is 0.00000342. The number of nitrogens with one attached hydrogen (secondary N) is 1. The van der Waals surface area contributed by atoms with Gasteiger partial charge in [-0.25, -0.2) is 0 Å². The first-order chi connectivity index (χ1) is 16.3. The fourth-order valence-corrected chi connectivity index (χ4v) is 4.13. The number of aliphatic hydroxyl groups excluding tert-OH is 1. The van der Waals surface area contributed by atoms with Crippen molar-refractivity contribution in [2.24, 2.45) is 0 Å². The molecule has 0 spiro atoms. The van der Waals surface area contributed by atoms with Crippen LogP contribution in [0.15, 0.2) is 60.7 Å². The molecule has 0 fully saturated rings. The van der Waals surface area contributed by atoms with Gasteiger partial charge in [-0.05, 0) is 42.8 Å². The molecule has 0 bridgehead atoms. The second-order valence-corrected chi connectivity index (χ2v) is 8.52. The molecule has 0 saturated heterocycles. The number of carboxylic acids is 1. The maximum Gasteiger partial charge on any atom is 1.00 e. The summed E-state index contributed by atoms with van der Waals surface area (Å²) in [6, 6.07) is 16.3. The van der Waals surface area contributed by atoms with Gasteiger partial charge in [-0.2, -0.15) is 0 Å². The summed E-state index contributed by atoms with van der Waals surface area (Å²) in [5.74, 6) is -1.24. The van der Waals surface area contributed by atoms with E-state index < -0.39 is 18.0 Å². The first-order valence-electron chi connectivity index (χ1n) is 10.5. The summed E-state index contributed by atoms with van der Waals surface area (Å²) in [5.41, 5.74) is 1.36. The molecule has 1 aliphatic heterocycles. The Hall–Kier alpha value is -2.26. The van der Waals surface area contributed by atoms with Crippen molar-refractivity contribution in [1.29, 1.82) is 0 Å². The average Bonchev–Trinajstić information content (AvgIpc) is 2.83. The minimum Gasteiger partial charge on any atom is -0.549 e. The minimum atomic E-state index is -1.18. The number of aliphatic carboxylic acids is 1. The molecule has 3 aromatic carbocycles. The number of hydrogen-bond acceptors (Lipinski definition) is 6. The molecule has 1 heterocycles. The molecule has 1 amide bonds. The number of fused-ring (bicyclic) bond motifs is 1. The van der Waals surface area contributed by atoms with Gasteiger partial charge < -0.3 is 29.8 Å². The van der Waals surface area contributed by atoms with Crippen LogP contribution in [0, 0.1) is 0 Å². The predicted octanol–water partition coefficient (Wildman–Crippen LogP) is 0.869. The zero-order valence-electron chi connectivity index (χ0n) is 18.8. The molecule has 10 heteroatoms. The number of ether oxygens (including phenoxy) is 2. The maximum atomic E-state index is 12.4. The monoisotopic (exact) mass is 523 g/mol. The van der Waals surface area contributed by atoms with E-state index in [0.29, 0.717) is 45.4 Å². The van der Waals surface area contributed by atoms with E-state index in [1.54, 1.807) is 54.6 Å². The van der Waals surface area contributed by atoms with E-state index in [1.807, 2.05) is 0 Å². The Morgan fingerprint density at radius 2 is 1.83 bits per heavy atom. The number of carbonyl (C=O) groups is 2. The van der Waals surface area contributed by atoms with Gasteiger partial charge in [0.2, 0.25) is 0 Å². The SMILES string of the molecule is O=C(NCC(O)c1ccccc1Cl)c1ccc(Oc2cc3c(cc2Cl)C(C(=O)[O-])CCO3)cc1.[Na+]. The number of benzene rings is 3. The summed E-state index contributed by atoms with van der Waals surface area (Å²) in [5, 5.41) is 25.0. The van der Waals surface area contributed by atoms with Crippen molar-refractivity contribution in [3.63, 3.8) is 0 Å². The van der Waals surface area contributed by atoms with Crippen LogP contribution in [-0.4, -0.2) is 30.1 Å². The van der Waals surface area contributed by atoms with Crippen molar-refractivity contribution in [2.45, 2.75) is 18.4 Å². The van der Waals surface area contributed by atoms with Crippen molar-refractivity contribution in [1.82, 2.24) is 5.32 Å². The van der Waals surface area contributed by atoms with E-state index in [2.05, 4.69) is 5.32 Å². The van der Waals surface area contributed by atoms with E-state index >= 15 is 0 Å². The Bertz CT molecular complexity index is 1220. The van der Waals surface area contributed by atoms with Crippen LogP contribution < -0.4 is 49.5 Å². The number of halogens is 2. The predicted molar refractivity (Wildman–Crippen MR) is 125 cm³/mol. The molecule has 0 aliphatic carbocycles. The number of carbonyl (C=O) groups excluding carboxylic acids is 2. The van der Waals surface area contributed by atoms with Gasteiger partial charge >= 0.3 is 29.6 Å². The van der Waals surface area contributed by atoms with Gasteiger partial charge in [-0.3, -0.25) is 4.79 Å². The molecule has 2 atom stereocenters. The average molecular weight is 524 g/mol. The molecule has 35 heavy (non-hydrogen) atoms. The van der Waals surface area contributed by atoms with E-state index in [4.69, 9.17) is 32.7 Å². The number of rotatable bonds is 7. The third kappa shape index (κ3) is 6.50. The minimum absolute atomic E-state index is 0. The summed E-state index contributed by atoms with van der Waals surface area (Å²) >= 11 is 12.4. The second kappa shape index (κ2) is 12.1. The van der Waals surface area contributed by atoms with Crippen LogP contribution in [-0.2, 0) is 4.79 Å². The molecule has 0 saturated carbocycles. The van der Waals surface area contributed by atoms with Gasteiger partial charge in [0.1, 0.15) is 17.2 Å². The van der Waals surface area contributed by atoms with Gasteiger partial charge in [0.25, 0.3) is 5.91 Å². The second-order valence-electron chi connectivity index (χ2n) is 7.70. The zero-order valence-corrected chi connectivity index (χ0v) is 22.3. The molecule has 0 aromatic heterocycles. The molecule has 1 aliphatic rings. The van der Waals surface area contributed by atoms with Crippen molar-refractivity contribution >= 4 is 35.1 Å². The van der Waals surface area contributed by atoms with Gasteiger partial charge in [0, 0.05) is 46.2 Å². The topological polar surface area (TPSA) is 108 Å². The van der Waals surface area contributed by atoms with E-state index in [9.17, 15) is 19.8 Å². The first kappa shape index (κ1) is 27.3. The standard InChI is InChI=1S/C25H21Cl2NO6.Na/c26-19-4-2-1-3-17(19)21(29)13-28-24(30)14-5-7-15(8-6-14)34-23-12-22-18(11-20(23)27)16(25(31)32)9-10-33-22;/h1-8,11-12,16,21,29H,9-10,13H2,(H,28,30)(H,31,32);/q;+1/p-1. The first-order valence-corrected chi connectivity index (χ1v) is 11.2. The maximum absolute atomic E-state index is 12.4. The normalized spacial score (nSPS) is 15.1. The smallest absolute Gasteiger partial charge is 0.549 e. The quantitative estimate of drug-likeness (QED) is 0.445. The summed E-state index contributed by atoms with van der Waals surface area (Å²) in [6.45, 7) is 0.250. The Kier molecular flexibility index (Phi) is 9.47. The Labute approximate surface area is 234 Å². The van der Waals surface area contributed by atoms with E-state index in [0.717, 1.165) is 0 Å². The van der Waals surface area contributed by atoms with E-state index in [1.165, 1.54) is 6.07 Å². The molecule has 176 valence electrons. The molecule has 7 nitrogen and oxygen atoms in total. The van der Waals surface area contributed by atoms with Crippen molar-refractivity contribution in [3.8, 4) is 17.2 Å². The number of carboxylic acid groups (broad SMARTS) is 1. The van der Waals surface area contributed by atoms with Gasteiger partial charge in [-0.1, -0.05) is 41.4 Å². The molecule has 2 unspecified atom stereocenters. The van der Waals surface area contributed by atoms with Crippen LogP contribution in [0.2, 0.25) is 10.0 Å². The van der Waals surface area contributed by atoms with Crippen LogP contribution in [0.4, 0.5) is 0 Å². The number of amides is 1. The summed E-state index contributed by atoms with van der Waals surface area (Å²) in [7, 11) is 0. The number of aliphatic hydroxyl groups is 1. The third-order valence-corrected chi connectivity index (χ3v) is 6.09. The molecule has 0 radical (unpaired) electrons. The van der Waals surface area contributed by atoms with Crippen molar-refractivity contribution < 1.29 is 58.8 Å². The van der Waals surface area contributed by atoms with Crippen molar-refractivity contribution in [2.75, 3.05) is 13.2 Å². The zero-order chi connectivity index (χ0) is 24.2. The van der Waals surface area contributed by atoms with Gasteiger partial charge in [0.05, 0.1) is 17.7 Å². The summed E-state index contributed by atoms with van der Waals surface area (Å²) < 4.78 is 11.4. The summed E-state index contributed by atoms with van der Waals surface area (Å²) in [6.07, 6.45) is -0.629. The Morgan fingerprint density at radius 3 is 2.51 bits per heavy atom. The van der Waals surface area contributed by atoms with Gasteiger partial charge in [0.15, 0.2) is 0 Å². The fourth-order valence-electron chi connectivity index (χ4n) is 3.66. The summed E-state index contributed by atoms with van der Waals surface area (Å²) in [4.78, 5) is 23.8. The van der Waals surface area contributed by atoms with Crippen LogP contribution in [0.3, 0.4) is 0 Å². The number of hydrogen-bond donors (Lipinski definition) is 2. The molecular formula is C25H20Cl2NNaO6.